The summed E-state index contributed by atoms with van der Waals surface area (Å²) in [6.45, 7) is 5.82. The number of likely N-dealkylation sites (tertiary alicyclic amines) is 1. The molecular formula is C30H39N7O4. The molecule has 0 radical (unpaired) electrons. The van der Waals surface area contributed by atoms with Crippen LogP contribution >= 0.6 is 0 Å². The van der Waals surface area contributed by atoms with E-state index >= 15 is 0 Å². The number of benzene rings is 2. The normalized spacial score (nSPS) is 14.5. The van der Waals surface area contributed by atoms with E-state index in [1.165, 1.54) is 0 Å². The number of hydrogen-bond donors (Lipinski definition) is 4. The van der Waals surface area contributed by atoms with Crippen molar-refractivity contribution in [3.63, 3.8) is 0 Å². The van der Waals surface area contributed by atoms with Crippen molar-refractivity contribution < 1.29 is 19.1 Å². The Labute approximate surface area is 239 Å². The second kappa shape index (κ2) is 12.8. The number of aryl methyl sites for hydroxylation is 1. The minimum atomic E-state index is -1.01. The Morgan fingerprint density at radius 1 is 1.10 bits per heavy atom. The molecule has 11 heteroatoms. The molecule has 0 bridgehead atoms. The number of nitrogens with one attached hydrogen (secondary N) is 3. The predicted octanol–water partition coefficient (Wildman–Crippen LogP) is 2.81. The Morgan fingerprint density at radius 2 is 1.80 bits per heavy atom. The summed E-state index contributed by atoms with van der Waals surface area (Å²) in [4.78, 5) is 44.8. The highest BCUT2D eigenvalue weighted by Crippen LogP contribution is 2.30. The standard InChI is InChI=1S/C30H39N7O4/c1-4-41-27(39)14-13-26(38)34-19-30(2,29(40)37-15-5-6-16-37)21-9-12-24-23(17-21)35-25(36(24)3)18-33-22-10-7-20(8-11-22)28(31)32/h7-12,17,33H,4-6,13-16,18-19H2,1-3H3,(H3,31,32)(H,34,38). The Bertz CT molecular complexity index is 1430. The molecular weight excluding hydrogens is 522 g/mol. The van der Waals surface area contributed by atoms with Crippen molar-refractivity contribution in [2.24, 2.45) is 12.8 Å². The average molecular weight is 562 g/mol. The number of esters is 1. The molecule has 1 unspecified atom stereocenters. The lowest BCUT2D eigenvalue weighted by Gasteiger charge is -2.33. The number of anilines is 1. The highest BCUT2D eigenvalue weighted by atomic mass is 16.5. The molecule has 1 atom stereocenters. The van der Waals surface area contributed by atoms with Gasteiger partial charge in [-0.1, -0.05) is 6.07 Å². The van der Waals surface area contributed by atoms with Crippen LogP contribution in [0.15, 0.2) is 42.5 Å². The number of amides is 2. The smallest absolute Gasteiger partial charge is 0.306 e. The Hall–Kier alpha value is -4.41. The molecule has 11 nitrogen and oxygen atoms in total. The summed E-state index contributed by atoms with van der Waals surface area (Å²) in [6, 6.07) is 13.1. The molecule has 1 saturated heterocycles. The van der Waals surface area contributed by atoms with Crippen LogP contribution in [0.1, 0.15) is 56.5 Å². The third-order valence-corrected chi connectivity index (χ3v) is 7.62. The van der Waals surface area contributed by atoms with E-state index in [4.69, 9.17) is 20.9 Å². The third-order valence-electron chi connectivity index (χ3n) is 7.62. The predicted molar refractivity (Wildman–Crippen MR) is 158 cm³/mol. The van der Waals surface area contributed by atoms with Crippen LogP contribution in [-0.4, -0.2) is 64.3 Å². The number of hydrogen-bond acceptors (Lipinski definition) is 7. The lowest BCUT2D eigenvalue weighted by atomic mass is 9.80. The van der Waals surface area contributed by atoms with Gasteiger partial charge in [-0.25, -0.2) is 4.98 Å². The van der Waals surface area contributed by atoms with Crippen molar-refractivity contribution in [3.05, 3.63) is 59.4 Å². The molecule has 0 aliphatic carbocycles. The maximum Gasteiger partial charge on any atom is 0.306 e. The fraction of sp³-hybridized carbons (Fsp3) is 0.433. The van der Waals surface area contributed by atoms with Crippen LogP contribution in [-0.2, 0) is 38.1 Å². The zero-order chi connectivity index (χ0) is 29.6. The summed E-state index contributed by atoms with van der Waals surface area (Å²) in [6.07, 6.45) is 1.91. The third kappa shape index (κ3) is 6.85. The van der Waals surface area contributed by atoms with Gasteiger partial charge in [0.05, 0.1) is 36.0 Å². The lowest BCUT2D eigenvalue weighted by Crippen LogP contribution is -2.50. The van der Waals surface area contributed by atoms with E-state index in [9.17, 15) is 14.4 Å². The lowest BCUT2D eigenvalue weighted by molar-refractivity contribution is -0.144. The van der Waals surface area contributed by atoms with Crippen LogP contribution in [0.4, 0.5) is 5.69 Å². The van der Waals surface area contributed by atoms with Crippen molar-refractivity contribution in [3.8, 4) is 0 Å². The number of nitrogens with zero attached hydrogens (tertiary/aromatic N) is 3. The Balaban J connectivity index is 1.54. The van der Waals surface area contributed by atoms with E-state index < -0.39 is 11.4 Å². The van der Waals surface area contributed by atoms with Gasteiger partial charge >= 0.3 is 5.97 Å². The fourth-order valence-electron chi connectivity index (χ4n) is 5.08. The van der Waals surface area contributed by atoms with E-state index in [-0.39, 0.29) is 43.6 Å². The van der Waals surface area contributed by atoms with Crippen LogP contribution in [0.2, 0.25) is 0 Å². The number of fused-ring (bicyclic) bond motifs is 1. The van der Waals surface area contributed by atoms with Crippen molar-refractivity contribution in [1.82, 2.24) is 19.8 Å². The molecule has 1 aliphatic rings. The van der Waals surface area contributed by atoms with Crippen LogP contribution in [0.3, 0.4) is 0 Å². The van der Waals surface area contributed by atoms with E-state index in [1.54, 1.807) is 19.1 Å². The second-order valence-corrected chi connectivity index (χ2v) is 10.5. The first kappa shape index (κ1) is 29.6. The van der Waals surface area contributed by atoms with E-state index in [0.29, 0.717) is 25.2 Å². The van der Waals surface area contributed by atoms with Gasteiger partial charge in [-0.2, -0.15) is 0 Å². The summed E-state index contributed by atoms with van der Waals surface area (Å²) >= 11 is 0. The number of imidazole rings is 1. The molecule has 5 N–H and O–H groups in total. The first-order valence-electron chi connectivity index (χ1n) is 14.0. The molecule has 1 aromatic heterocycles. The van der Waals surface area contributed by atoms with Crippen molar-refractivity contribution >= 4 is 40.3 Å². The number of ether oxygens (including phenoxy) is 1. The maximum atomic E-state index is 13.8. The number of aromatic nitrogens is 2. The van der Waals surface area contributed by atoms with Crippen LogP contribution < -0.4 is 16.4 Å². The molecule has 2 aromatic carbocycles. The Kier molecular flexibility index (Phi) is 9.26. The van der Waals surface area contributed by atoms with Gasteiger partial charge in [0.15, 0.2) is 0 Å². The zero-order valence-electron chi connectivity index (χ0n) is 24.0. The fourth-order valence-corrected chi connectivity index (χ4v) is 5.08. The summed E-state index contributed by atoms with van der Waals surface area (Å²) in [5.74, 6) is 0.0771. The highest BCUT2D eigenvalue weighted by Gasteiger charge is 2.40. The average Bonchev–Trinajstić information content (AvgIpc) is 3.62. The zero-order valence-corrected chi connectivity index (χ0v) is 24.0. The first-order chi connectivity index (χ1) is 19.6. The summed E-state index contributed by atoms with van der Waals surface area (Å²) in [7, 11) is 1.95. The largest absolute Gasteiger partial charge is 0.466 e. The number of amidine groups is 1. The second-order valence-electron chi connectivity index (χ2n) is 10.5. The number of carbonyl (C=O) groups is 3. The summed E-state index contributed by atoms with van der Waals surface area (Å²) < 4.78 is 6.92. The highest BCUT2D eigenvalue weighted by molar-refractivity contribution is 5.95. The molecule has 1 fully saturated rings. The topological polar surface area (TPSA) is 155 Å². The number of nitrogen functional groups attached to an aromatic ring is 1. The van der Waals surface area contributed by atoms with Crippen LogP contribution in [0.25, 0.3) is 11.0 Å². The molecule has 2 amide bonds. The SMILES string of the molecule is CCOC(=O)CCC(=O)NCC(C)(C(=O)N1CCCC1)c1ccc2c(c1)nc(CNc1ccc(C(=N)N)cc1)n2C. The van der Waals surface area contributed by atoms with E-state index in [2.05, 4.69) is 10.6 Å². The molecule has 218 valence electrons. The monoisotopic (exact) mass is 561 g/mol. The van der Waals surface area contributed by atoms with Crippen LogP contribution in [0, 0.1) is 5.41 Å². The summed E-state index contributed by atoms with van der Waals surface area (Å²) in [5.41, 5.74) is 8.52. The van der Waals surface area contributed by atoms with Gasteiger partial charge in [-0.3, -0.25) is 19.8 Å². The molecule has 3 aromatic rings. The quantitative estimate of drug-likeness (QED) is 0.151. The molecule has 0 spiro atoms. The van der Waals surface area contributed by atoms with Gasteiger partial charge in [0.2, 0.25) is 11.8 Å². The molecule has 1 aliphatic heterocycles. The van der Waals surface area contributed by atoms with Gasteiger partial charge in [0.1, 0.15) is 11.7 Å². The molecule has 41 heavy (non-hydrogen) atoms. The molecule has 0 saturated carbocycles. The van der Waals surface area contributed by atoms with E-state index in [0.717, 1.165) is 41.0 Å². The van der Waals surface area contributed by atoms with Crippen molar-refractivity contribution in [2.45, 2.75) is 51.5 Å². The molecule has 2 heterocycles. The van der Waals surface area contributed by atoms with Gasteiger partial charge in [-0.05, 0) is 68.7 Å². The first-order valence-corrected chi connectivity index (χ1v) is 14.0. The van der Waals surface area contributed by atoms with Crippen molar-refractivity contribution in [2.75, 3.05) is 31.6 Å². The van der Waals surface area contributed by atoms with Gasteiger partial charge in [-0.15, -0.1) is 0 Å². The Morgan fingerprint density at radius 3 is 2.46 bits per heavy atom. The number of rotatable bonds is 12. The summed E-state index contributed by atoms with van der Waals surface area (Å²) in [5, 5.41) is 13.8. The van der Waals surface area contributed by atoms with Crippen LogP contribution in [0.5, 0.6) is 0 Å². The van der Waals surface area contributed by atoms with Gasteiger partial charge < -0.3 is 30.6 Å². The van der Waals surface area contributed by atoms with Gasteiger partial charge in [0, 0.05) is 44.4 Å². The number of carbonyl (C=O) groups excluding carboxylic acids is 3. The maximum absolute atomic E-state index is 13.8. The van der Waals surface area contributed by atoms with Gasteiger partial charge in [0.25, 0.3) is 0 Å². The van der Waals surface area contributed by atoms with E-state index in [1.807, 2.05) is 53.8 Å². The number of nitrogens with two attached hydrogens (primary N) is 1. The molecule has 4 rings (SSSR count). The van der Waals surface area contributed by atoms with Crippen molar-refractivity contribution in [1.29, 1.82) is 5.41 Å². The minimum Gasteiger partial charge on any atom is -0.466 e. The minimum absolute atomic E-state index is 0.0000667.